The van der Waals surface area contributed by atoms with E-state index in [-0.39, 0.29) is 5.91 Å². The summed E-state index contributed by atoms with van der Waals surface area (Å²) < 4.78 is 5.05. The third-order valence-corrected chi connectivity index (χ3v) is 3.07. The molecule has 0 aromatic rings. The third kappa shape index (κ3) is 7.34. The van der Waals surface area contributed by atoms with E-state index in [9.17, 15) is 4.79 Å². The molecular weight excluding hydrogens is 216 g/mol. The van der Waals surface area contributed by atoms with Gasteiger partial charge in [0.05, 0.1) is 6.61 Å². The van der Waals surface area contributed by atoms with Crippen LogP contribution in [-0.4, -0.2) is 51.2 Å². The second-order valence-electron chi connectivity index (χ2n) is 4.16. The maximum Gasteiger partial charge on any atom is 0.220 e. The summed E-state index contributed by atoms with van der Waals surface area (Å²) in [6, 6.07) is 0. The second kappa shape index (κ2) is 10.5. The number of hydrogen-bond donors (Lipinski definition) is 1. The first kappa shape index (κ1) is 16.4. The number of methoxy groups -OCH3 is 1. The van der Waals surface area contributed by atoms with Gasteiger partial charge in [-0.2, -0.15) is 0 Å². The van der Waals surface area contributed by atoms with Crippen LogP contribution in [0, 0.1) is 5.92 Å². The van der Waals surface area contributed by atoms with Crippen molar-refractivity contribution in [1.29, 1.82) is 0 Å². The molecule has 1 fully saturated rings. The lowest BCUT2D eigenvalue weighted by atomic mass is 9.93. The molecule has 17 heavy (non-hydrogen) atoms. The van der Waals surface area contributed by atoms with Gasteiger partial charge in [0.2, 0.25) is 5.91 Å². The summed E-state index contributed by atoms with van der Waals surface area (Å²) in [5.41, 5.74) is 0. The molecule has 0 aliphatic carbocycles. The van der Waals surface area contributed by atoms with Gasteiger partial charge in [-0.15, -0.1) is 0 Å². The Kier molecular flexibility index (Phi) is 10.2. The lowest BCUT2D eigenvalue weighted by Crippen LogP contribution is -2.37. The zero-order valence-corrected chi connectivity index (χ0v) is 11.8. The molecule has 0 bridgehead atoms. The van der Waals surface area contributed by atoms with Gasteiger partial charge in [-0.3, -0.25) is 4.79 Å². The monoisotopic (exact) mass is 244 g/mol. The number of amides is 1. The summed E-state index contributed by atoms with van der Waals surface area (Å²) in [5.74, 6) is 0.745. The number of nitrogens with one attached hydrogen (secondary N) is 1. The van der Waals surface area contributed by atoms with Crippen LogP contribution in [0.4, 0.5) is 0 Å². The van der Waals surface area contributed by atoms with Gasteiger partial charge in [-0.1, -0.05) is 13.8 Å². The van der Waals surface area contributed by atoms with Gasteiger partial charge in [0.25, 0.3) is 0 Å². The van der Waals surface area contributed by atoms with Crippen LogP contribution in [0.25, 0.3) is 0 Å². The maximum atomic E-state index is 11.2. The number of piperidine rings is 1. The highest BCUT2D eigenvalue weighted by atomic mass is 16.5. The van der Waals surface area contributed by atoms with Crippen molar-refractivity contribution in [1.82, 2.24) is 10.2 Å². The van der Waals surface area contributed by atoms with E-state index in [1.54, 1.807) is 14.2 Å². The van der Waals surface area contributed by atoms with Crippen LogP contribution in [0.3, 0.4) is 0 Å². The Labute approximate surface area is 106 Å². The highest BCUT2D eigenvalue weighted by Crippen LogP contribution is 2.19. The van der Waals surface area contributed by atoms with E-state index in [1.165, 1.54) is 0 Å². The number of carbonyl (C=O) groups excluding carboxylic acids is 1. The van der Waals surface area contributed by atoms with E-state index >= 15 is 0 Å². The number of likely N-dealkylation sites (tertiary alicyclic amines) is 1. The molecule has 0 atom stereocenters. The third-order valence-electron chi connectivity index (χ3n) is 3.07. The number of carbonyl (C=O) groups is 1. The Morgan fingerprint density at radius 3 is 2.41 bits per heavy atom. The summed E-state index contributed by atoms with van der Waals surface area (Å²) >= 11 is 0. The SMILES string of the molecule is CC.CNC(=O)CC1CCN(CCOC)CC1. The van der Waals surface area contributed by atoms with Crippen molar-refractivity contribution >= 4 is 5.91 Å². The number of ether oxygens (including phenoxy) is 1. The van der Waals surface area contributed by atoms with Crippen LogP contribution in [0.1, 0.15) is 33.1 Å². The zero-order chi connectivity index (χ0) is 13.1. The zero-order valence-electron chi connectivity index (χ0n) is 11.8. The molecule has 1 aliphatic heterocycles. The van der Waals surface area contributed by atoms with E-state index in [2.05, 4.69) is 10.2 Å². The molecule has 0 radical (unpaired) electrons. The first-order valence-electron chi connectivity index (χ1n) is 6.68. The Morgan fingerprint density at radius 2 is 1.94 bits per heavy atom. The van der Waals surface area contributed by atoms with Gasteiger partial charge < -0.3 is 15.0 Å². The smallest absolute Gasteiger partial charge is 0.220 e. The van der Waals surface area contributed by atoms with Crippen LogP contribution in [0.2, 0.25) is 0 Å². The number of hydrogen-bond acceptors (Lipinski definition) is 3. The average molecular weight is 244 g/mol. The highest BCUT2D eigenvalue weighted by molar-refractivity contribution is 5.75. The predicted octanol–water partition coefficient (Wildman–Crippen LogP) is 1.51. The van der Waals surface area contributed by atoms with Crippen molar-refractivity contribution in [3.63, 3.8) is 0 Å². The maximum absolute atomic E-state index is 11.2. The van der Waals surface area contributed by atoms with Gasteiger partial charge in [0.15, 0.2) is 0 Å². The largest absolute Gasteiger partial charge is 0.383 e. The molecule has 0 aromatic heterocycles. The first-order valence-corrected chi connectivity index (χ1v) is 6.68. The minimum Gasteiger partial charge on any atom is -0.383 e. The molecule has 0 unspecified atom stereocenters. The van der Waals surface area contributed by atoms with Gasteiger partial charge in [0.1, 0.15) is 0 Å². The Balaban J connectivity index is 0.00000121. The number of nitrogens with zero attached hydrogens (tertiary/aromatic N) is 1. The molecule has 4 nitrogen and oxygen atoms in total. The Hall–Kier alpha value is -0.610. The molecule has 1 rings (SSSR count). The molecule has 1 N–H and O–H groups in total. The topological polar surface area (TPSA) is 41.6 Å². The van der Waals surface area contributed by atoms with Gasteiger partial charge in [0, 0.05) is 27.1 Å². The van der Waals surface area contributed by atoms with E-state index in [0.29, 0.717) is 12.3 Å². The lowest BCUT2D eigenvalue weighted by Gasteiger charge is -2.31. The van der Waals surface area contributed by atoms with Crippen LogP contribution in [-0.2, 0) is 9.53 Å². The first-order chi connectivity index (χ1) is 8.26. The minimum atomic E-state index is 0.172. The van der Waals surface area contributed by atoms with E-state index in [0.717, 1.165) is 39.1 Å². The quantitative estimate of drug-likeness (QED) is 0.797. The van der Waals surface area contributed by atoms with Crippen molar-refractivity contribution in [3.05, 3.63) is 0 Å². The molecule has 1 amide bonds. The van der Waals surface area contributed by atoms with E-state index in [4.69, 9.17) is 4.74 Å². The Bertz CT molecular complexity index is 190. The van der Waals surface area contributed by atoms with Crippen molar-refractivity contribution in [2.75, 3.05) is 40.4 Å². The molecule has 102 valence electrons. The molecular formula is C13H28N2O2. The average Bonchev–Trinajstić information content (AvgIpc) is 2.40. The normalized spacial score (nSPS) is 17.2. The summed E-state index contributed by atoms with van der Waals surface area (Å²) in [5, 5.41) is 2.69. The van der Waals surface area contributed by atoms with E-state index < -0.39 is 0 Å². The highest BCUT2D eigenvalue weighted by Gasteiger charge is 2.20. The van der Waals surface area contributed by atoms with Crippen LogP contribution in [0.15, 0.2) is 0 Å². The van der Waals surface area contributed by atoms with Crippen molar-refractivity contribution < 1.29 is 9.53 Å². The van der Waals surface area contributed by atoms with Crippen LogP contribution in [0.5, 0.6) is 0 Å². The molecule has 0 aromatic carbocycles. The number of rotatable bonds is 5. The summed E-state index contributed by atoms with van der Waals surface area (Å²) in [4.78, 5) is 13.6. The van der Waals surface area contributed by atoms with Gasteiger partial charge in [-0.05, 0) is 31.8 Å². The molecule has 4 heteroatoms. The molecule has 1 aliphatic rings. The lowest BCUT2D eigenvalue weighted by molar-refractivity contribution is -0.121. The van der Waals surface area contributed by atoms with Crippen LogP contribution >= 0.6 is 0 Å². The van der Waals surface area contributed by atoms with Crippen molar-refractivity contribution in [2.45, 2.75) is 33.1 Å². The molecule has 1 heterocycles. The van der Waals surface area contributed by atoms with Crippen molar-refractivity contribution in [3.8, 4) is 0 Å². The molecule has 0 spiro atoms. The fourth-order valence-electron chi connectivity index (χ4n) is 2.00. The van der Waals surface area contributed by atoms with E-state index in [1.807, 2.05) is 13.8 Å². The Morgan fingerprint density at radius 1 is 1.35 bits per heavy atom. The predicted molar refractivity (Wildman–Crippen MR) is 71.1 cm³/mol. The second-order valence-corrected chi connectivity index (χ2v) is 4.16. The summed E-state index contributed by atoms with van der Waals surface area (Å²) in [7, 11) is 3.44. The van der Waals surface area contributed by atoms with Crippen molar-refractivity contribution in [2.24, 2.45) is 5.92 Å². The summed E-state index contributed by atoms with van der Waals surface area (Å²) in [6.45, 7) is 8.03. The standard InChI is InChI=1S/C11H22N2O2.C2H6/c1-12-11(14)9-10-3-5-13(6-4-10)7-8-15-2;1-2/h10H,3-9H2,1-2H3,(H,12,14);1-2H3. The summed E-state index contributed by atoms with van der Waals surface area (Å²) in [6.07, 6.45) is 2.96. The van der Waals surface area contributed by atoms with Gasteiger partial charge in [-0.25, -0.2) is 0 Å². The van der Waals surface area contributed by atoms with Crippen LogP contribution < -0.4 is 5.32 Å². The minimum absolute atomic E-state index is 0.172. The fraction of sp³-hybridized carbons (Fsp3) is 0.923. The molecule has 0 saturated carbocycles. The molecule has 1 saturated heterocycles. The van der Waals surface area contributed by atoms with Gasteiger partial charge >= 0.3 is 0 Å². The fourth-order valence-corrected chi connectivity index (χ4v) is 2.00.